The number of fused-ring (bicyclic) bond motifs is 1. The molecular weight excluding hydrogens is 336 g/mol. The molecule has 2 aliphatic heterocycles. The predicted molar refractivity (Wildman–Crippen MR) is 108 cm³/mol. The van der Waals surface area contributed by atoms with Crippen LogP contribution in [-0.2, 0) is 6.42 Å². The molecule has 0 aliphatic carbocycles. The lowest BCUT2D eigenvalue weighted by Crippen LogP contribution is -2.40. The Morgan fingerprint density at radius 1 is 1.22 bits per heavy atom. The Hall–Kier alpha value is -2.43. The van der Waals surface area contributed by atoms with Crippen molar-refractivity contribution in [3.63, 3.8) is 0 Å². The summed E-state index contributed by atoms with van der Waals surface area (Å²) in [5.74, 6) is 1.54. The van der Waals surface area contributed by atoms with Crippen molar-refractivity contribution in [2.45, 2.75) is 65.0 Å². The Bertz CT molecular complexity index is 850. The van der Waals surface area contributed by atoms with E-state index in [1.807, 2.05) is 36.1 Å². The number of para-hydroxylation sites is 1. The molecule has 2 aliphatic rings. The van der Waals surface area contributed by atoms with E-state index in [9.17, 15) is 4.79 Å². The molecule has 4 rings (SSSR count). The van der Waals surface area contributed by atoms with Crippen LogP contribution in [0.25, 0.3) is 0 Å². The monoisotopic (exact) mass is 364 g/mol. The number of benzene rings is 1. The number of piperidine rings is 1. The first-order chi connectivity index (χ1) is 13.1. The van der Waals surface area contributed by atoms with Gasteiger partial charge in [0.2, 0.25) is 0 Å². The van der Waals surface area contributed by atoms with Crippen LogP contribution in [0.5, 0.6) is 0 Å². The fourth-order valence-electron chi connectivity index (χ4n) is 4.53. The Balaban J connectivity index is 1.68. The van der Waals surface area contributed by atoms with E-state index in [2.05, 4.69) is 34.8 Å². The third kappa shape index (κ3) is 3.31. The molecule has 0 saturated carbocycles. The molecule has 0 bridgehead atoms. The van der Waals surface area contributed by atoms with Crippen LogP contribution in [0.3, 0.4) is 0 Å². The maximum atomic E-state index is 13.4. The standard InChI is InChI=1S/C22H28N4O/c1-4-18-10-7-8-12-25(18)21-14-19(23-16(3)24-21)22(27)26-15(2)13-17-9-5-6-11-20(17)26/h5-6,9,11,14-15,18H,4,7-8,10,12-13H2,1-3H3. The second-order valence-corrected chi connectivity index (χ2v) is 7.77. The summed E-state index contributed by atoms with van der Waals surface area (Å²) in [6.07, 6.45) is 5.64. The fraction of sp³-hybridized carbons (Fsp3) is 0.500. The zero-order chi connectivity index (χ0) is 19.0. The summed E-state index contributed by atoms with van der Waals surface area (Å²) in [7, 11) is 0. The molecular formula is C22H28N4O. The molecule has 27 heavy (non-hydrogen) atoms. The van der Waals surface area contributed by atoms with Crippen molar-refractivity contribution < 1.29 is 4.79 Å². The zero-order valence-corrected chi connectivity index (χ0v) is 16.5. The molecule has 0 N–H and O–H groups in total. The van der Waals surface area contributed by atoms with Crippen molar-refractivity contribution in [1.29, 1.82) is 0 Å². The molecule has 2 aromatic rings. The van der Waals surface area contributed by atoms with Gasteiger partial charge in [-0.1, -0.05) is 25.1 Å². The summed E-state index contributed by atoms with van der Waals surface area (Å²) in [4.78, 5) is 26.8. The van der Waals surface area contributed by atoms with Crippen LogP contribution in [0.15, 0.2) is 30.3 Å². The van der Waals surface area contributed by atoms with Crippen LogP contribution in [0, 0.1) is 6.92 Å². The smallest absolute Gasteiger partial charge is 0.277 e. The molecule has 1 amide bonds. The van der Waals surface area contributed by atoms with Gasteiger partial charge in [-0.25, -0.2) is 9.97 Å². The minimum Gasteiger partial charge on any atom is -0.354 e. The van der Waals surface area contributed by atoms with Crippen LogP contribution in [0.1, 0.15) is 61.4 Å². The molecule has 5 nitrogen and oxygen atoms in total. The van der Waals surface area contributed by atoms with Crippen molar-refractivity contribution in [2.24, 2.45) is 0 Å². The van der Waals surface area contributed by atoms with E-state index in [1.54, 1.807) is 0 Å². The summed E-state index contributed by atoms with van der Waals surface area (Å²) in [6, 6.07) is 10.7. The number of hydrogen-bond acceptors (Lipinski definition) is 4. The third-order valence-corrected chi connectivity index (χ3v) is 5.86. The van der Waals surface area contributed by atoms with Gasteiger partial charge in [0.05, 0.1) is 0 Å². The number of rotatable bonds is 3. The highest BCUT2D eigenvalue weighted by Crippen LogP contribution is 2.33. The van der Waals surface area contributed by atoms with E-state index in [4.69, 9.17) is 0 Å². The van der Waals surface area contributed by atoms with Gasteiger partial charge in [-0.05, 0) is 57.6 Å². The van der Waals surface area contributed by atoms with Gasteiger partial charge in [0.15, 0.2) is 0 Å². The lowest BCUT2D eigenvalue weighted by molar-refractivity contribution is 0.0976. The number of amides is 1. The number of carbonyl (C=O) groups is 1. The largest absolute Gasteiger partial charge is 0.354 e. The van der Waals surface area contributed by atoms with E-state index in [0.717, 1.165) is 30.9 Å². The molecule has 3 heterocycles. The molecule has 2 atom stereocenters. The first-order valence-corrected chi connectivity index (χ1v) is 10.1. The van der Waals surface area contributed by atoms with Crippen molar-refractivity contribution in [2.75, 3.05) is 16.3 Å². The summed E-state index contributed by atoms with van der Waals surface area (Å²) in [5, 5.41) is 0. The first kappa shape index (κ1) is 18.0. The molecule has 1 aromatic heterocycles. The number of aromatic nitrogens is 2. The van der Waals surface area contributed by atoms with Gasteiger partial charge in [0.25, 0.3) is 5.91 Å². The maximum Gasteiger partial charge on any atom is 0.277 e. The van der Waals surface area contributed by atoms with E-state index in [0.29, 0.717) is 17.6 Å². The molecule has 0 radical (unpaired) electrons. The topological polar surface area (TPSA) is 49.3 Å². The third-order valence-electron chi connectivity index (χ3n) is 5.86. The quantitative estimate of drug-likeness (QED) is 0.821. The number of aryl methyl sites for hydroxylation is 1. The minimum absolute atomic E-state index is 0.0238. The summed E-state index contributed by atoms with van der Waals surface area (Å²) in [5.41, 5.74) is 2.74. The van der Waals surface area contributed by atoms with Gasteiger partial charge >= 0.3 is 0 Å². The van der Waals surface area contributed by atoms with Gasteiger partial charge in [-0.2, -0.15) is 0 Å². The van der Waals surface area contributed by atoms with Gasteiger partial charge < -0.3 is 9.80 Å². The lowest BCUT2D eigenvalue weighted by Gasteiger charge is -2.36. The molecule has 1 saturated heterocycles. The average Bonchev–Trinajstić information content (AvgIpc) is 3.02. The fourth-order valence-corrected chi connectivity index (χ4v) is 4.53. The van der Waals surface area contributed by atoms with Gasteiger partial charge in [-0.15, -0.1) is 0 Å². The van der Waals surface area contributed by atoms with Crippen LogP contribution in [-0.4, -0.2) is 34.5 Å². The highest BCUT2D eigenvalue weighted by atomic mass is 16.2. The molecule has 1 fully saturated rings. The lowest BCUT2D eigenvalue weighted by atomic mass is 10.00. The average molecular weight is 364 g/mol. The van der Waals surface area contributed by atoms with Crippen LogP contribution in [0.4, 0.5) is 11.5 Å². The predicted octanol–water partition coefficient (Wildman–Crippen LogP) is 4.15. The molecule has 142 valence electrons. The van der Waals surface area contributed by atoms with Crippen LogP contribution < -0.4 is 9.80 Å². The van der Waals surface area contributed by atoms with Crippen molar-refractivity contribution in [1.82, 2.24) is 9.97 Å². The zero-order valence-electron chi connectivity index (χ0n) is 16.5. The second-order valence-electron chi connectivity index (χ2n) is 7.77. The molecule has 5 heteroatoms. The Morgan fingerprint density at radius 2 is 2.04 bits per heavy atom. The van der Waals surface area contributed by atoms with Crippen molar-refractivity contribution in [3.8, 4) is 0 Å². The van der Waals surface area contributed by atoms with Crippen molar-refractivity contribution in [3.05, 3.63) is 47.4 Å². The van der Waals surface area contributed by atoms with E-state index in [-0.39, 0.29) is 11.9 Å². The number of carbonyl (C=O) groups excluding carboxylic acids is 1. The van der Waals surface area contributed by atoms with E-state index in [1.165, 1.54) is 24.8 Å². The summed E-state index contributed by atoms with van der Waals surface area (Å²) in [6.45, 7) is 7.22. The summed E-state index contributed by atoms with van der Waals surface area (Å²) < 4.78 is 0. The van der Waals surface area contributed by atoms with Crippen molar-refractivity contribution >= 4 is 17.4 Å². The second kappa shape index (κ2) is 7.29. The van der Waals surface area contributed by atoms with E-state index >= 15 is 0 Å². The minimum atomic E-state index is -0.0238. The molecule has 2 unspecified atom stereocenters. The number of nitrogens with zero attached hydrogens (tertiary/aromatic N) is 4. The first-order valence-electron chi connectivity index (χ1n) is 10.1. The van der Waals surface area contributed by atoms with E-state index < -0.39 is 0 Å². The number of anilines is 2. The molecule has 1 aromatic carbocycles. The normalized spacial score (nSPS) is 22.0. The Morgan fingerprint density at radius 3 is 2.85 bits per heavy atom. The van der Waals surface area contributed by atoms with Gasteiger partial charge in [0.1, 0.15) is 17.3 Å². The highest BCUT2D eigenvalue weighted by molar-refractivity contribution is 6.06. The van der Waals surface area contributed by atoms with Gasteiger partial charge in [-0.3, -0.25) is 4.79 Å². The summed E-state index contributed by atoms with van der Waals surface area (Å²) >= 11 is 0. The van der Waals surface area contributed by atoms with Gasteiger partial charge in [0, 0.05) is 30.4 Å². The highest BCUT2D eigenvalue weighted by Gasteiger charge is 2.33. The number of hydrogen-bond donors (Lipinski definition) is 0. The Labute approximate surface area is 161 Å². The Kier molecular flexibility index (Phi) is 4.85. The maximum absolute atomic E-state index is 13.4. The SMILES string of the molecule is CCC1CCCCN1c1cc(C(=O)N2c3ccccc3CC2C)nc(C)n1. The van der Waals surface area contributed by atoms with Crippen LogP contribution >= 0.6 is 0 Å². The van der Waals surface area contributed by atoms with Crippen LogP contribution in [0.2, 0.25) is 0 Å². The molecule has 0 spiro atoms.